The zero-order valence-corrected chi connectivity index (χ0v) is 8.30. The molecule has 0 fully saturated rings. The van der Waals surface area contributed by atoms with Crippen molar-refractivity contribution in [2.45, 2.75) is 26.7 Å². The molecular formula is C10H13FN2O. The molecule has 14 heavy (non-hydrogen) atoms. The van der Waals surface area contributed by atoms with Crippen molar-refractivity contribution in [3.63, 3.8) is 0 Å². The molecule has 0 spiro atoms. The fraction of sp³-hybridized carbons (Fsp3) is 0.400. The van der Waals surface area contributed by atoms with Crippen LogP contribution in [0.3, 0.4) is 0 Å². The monoisotopic (exact) mass is 196 g/mol. The van der Waals surface area contributed by atoms with Crippen molar-refractivity contribution in [2.24, 2.45) is 0 Å². The number of hydrogen-bond acceptors (Lipinski definition) is 2. The molecule has 0 aromatic carbocycles. The van der Waals surface area contributed by atoms with Crippen LogP contribution in [-0.4, -0.2) is 10.9 Å². The molecule has 0 unspecified atom stereocenters. The number of nitrogens with one attached hydrogen (secondary N) is 1. The van der Waals surface area contributed by atoms with Crippen molar-refractivity contribution >= 4 is 11.7 Å². The Morgan fingerprint density at radius 1 is 1.43 bits per heavy atom. The van der Waals surface area contributed by atoms with E-state index < -0.39 is 0 Å². The van der Waals surface area contributed by atoms with E-state index in [1.54, 1.807) is 0 Å². The number of aromatic nitrogens is 1. The van der Waals surface area contributed by atoms with Gasteiger partial charge in [-0.05, 0) is 12.5 Å². The number of nitrogens with zero attached hydrogens (tertiary/aromatic N) is 1. The van der Waals surface area contributed by atoms with Crippen LogP contribution in [0, 0.1) is 5.82 Å². The summed E-state index contributed by atoms with van der Waals surface area (Å²) in [4.78, 5) is 14.7. The SMILES string of the molecule is CC.O=C1CCc2c(F)ccnc2N1. The fourth-order valence-corrected chi connectivity index (χ4v) is 1.25. The Balaban J connectivity index is 0.000000461. The molecule has 1 amide bonds. The Kier molecular flexibility index (Phi) is 3.56. The van der Waals surface area contributed by atoms with Gasteiger partial charge in [0.2, 0.25) is 5.91 Å². The van der Waals surface area contributed by atoms with Crippen LogP contribution >= 0.6 is 0 Å². The van der Waals surface area contributed by atoms with Crippen molar-refractivity contribution in [1.82, 2.24) is 4.98 Å². The lowest BCUT2D eigenvalue weighted by molar-refractivity contribution is -0.116. The predicted octanol–water partition coefficient (Wildman–Crippen LogP) is 2.13. The Hall–Kier alpha value is -1.45. The number of hydrogen-bond donors (Lipinski definition) is 1. The number of halogens is 1. The molecule has 0 radical (unpaired) electrons. The number of carbonyl (C=O) groups excluding carboxylic acids is 1. The van der Waals surface area contributed by atoms with Crippen LogP contribution in [0.1, 0.15) is 25.8 Å². The van der Waals surface area contributed by atoms with E-state index in [0.717, 1.165) is 0 Å². The van der Waals surface area contributed by atoms with Gasteiger partial charge in [-0.25, -0.2) is 9.37 Å². The summed E-state index contributed by atoms with van der Waals surface area (Å²) in [6.45, 7) is 4.00. The minimum atomic E-state index is -0.292. The molecule has 1 aromatic rings. The van der Waals surface area contributed by atoms with Gasteiger partial charge < -0.3 is 5.32 Å². The molecular weight excluding hydrogens is 183 g/mol. The molecule has 0 atom stereocenters. The number of rotatable bonds is 0. The largest absolute Gasteiger partial charge is 0.310 e. The van der Waals surface area contributed by atoms with Crippen molar-refractivity contribution in [3.8, 4) is 0 Å². The molecule has 3 nitrogen and oxygen atoms in total. The number of fused-ring (bicyclic) bond motifs is 1. The predicted molar refractivity (Wildman–Crippen MR) is 52.5 cm³/mol. The van der Waals surface area contributed by atoms with Crippen LogP contribution in [0.15, 0.2) is 12.3 Å². The lowest BCUT2D eigenvalue weighted by Gasteiger charge is -2.14. The maximum absolute atomic E-state index is 13.0. The standard InChI is InChI=1S/C8H7FN2O.C2H6/c9-6-3-4-10-8-5(6)1-2-7(12)11-8;1-2/h3-4H,1-2H2,(H,10,11,12);1-2H3. The summed E-state index contributed by atoms with van der Waals surface area (Å²) in [5, 5.41) is 2.51. The molecule has 2 rings (SSSR count). The highest BCUT2D eigenvalue weighted by Crippen LogP contribution is 2.21. The van der Waals surface area contributed by atoms with E-state index in [1.165, 1.54) is 12.3 Å². The Morgan fingerprint density at radius 3 is 2.86 bits per heavy atom. The third kappa shape index (κ3) is 2.07. The molecule has 0 saturated heterocycles. The van der Waals surface area contributed by atoms with Crippen LogP contribution < -0.4 is 5.32 Å². The lowest BCUT2D eigenvalue weighted by Crippen LogP contribution is -2.20. The topological polar surface area (TPSA) is 42.0 Å². The molecule has 1 aliphatic rings. The molecule has 76 valence electrons. The molecule has 2 heterocycles. The molecule has 1 N–H and O–H groups in total. The summed E-state index contributed by atoms with van der Waals surface area (Å²) in [6, 6.07) is 1.30. The first-order chi connectivity index (χ1) is 6.77. The van der Waals surface area contributed by atoms with Gasteiger partial charge in [0.1, 0.15) is 11.6 Å². The van der Waals surface area contributed by atoms with Gasteiger partial charge in [-0.15, -0.1) is 0 Å². The molecule has 1 aromatic heterocycles. The molecule has 4 heteroatoms. The van der Waals surface area contributed by atoms with Gasteiger partial charge in [0.15, 0.2) is 0 Å². The van der Waals surface area contributed by atoms with E-state index in [1.807, 2.05) is 13.8 Å². The van der Waals surface area contributed by atoms with Gasteiger partial charge in [-0.1, -0.05) is 13.8 Å². The minimum absolute atomic E-state index is 0.0967. The van der Waals surface area contributed by atoms with Crippen molar-refractivity contribution in [3.05, 3.63) is 23.6 Å². The maximum Gasteiger partial charge on any atom is 0.225 e. The highest BCUT2D eigenvalue weighted by Gasteiger charge is 2.18. The van der Waals surface area contributed by atoms with Gasteiger partial charge >= 0.3 is 0 Å². The van der Waals surface area contributed by atoms with E-state index in [0.29, 0.717) is 24.2 Å². The highest BCUT2D eigenvalue weighted by molar-refractivity contribution is 5.92. The van der Waals surface area contributed by atoms with Crippen molar-refractivity contribution in [2.75, 3.05) is 5.32 Å². The molecule has 0 saturated carbocycles. The third-order valence-electron chi connectivity index (χ3n) is 1.86. The zero-order chi connectivity index (χ0) is 10.6. The van der Waals surface area contributed by atoms with Crippen molar-refractivity contribution in [1.29, 1.82) is 0 Å². The summed E-state index contributed by atoms with van der Waals surface area (Å²) < 4.78 is 13.0. The second-order valence-electron chi connectivity index (χ2n) is 2.67. The lowest BCUT2D eigenvalue weighted by atomic mass is 10.1. The van der Waals surface area contributed by atoms with E-state index >= 15 is 0 Å². The minimum Gasteiger partial charge on any atom is -0.310 e. The first-order valence-corrected chi connectivity index (χ1v) is 4.70. The number of pyridine rings is 1. The number of amides is 1. The molecule has 0 bridgehead atoms. The Bertz CT molecular complexity index is 339. The summed E-state index contributed by atoms with van der Waals surface area (Å²) in [5.74, 6) is -0.0214. The first kappa shape index (κ1) is 10.6. The van der Waals surface area contributed by atoms with E-state index in [4.69, 9.17) is 0 Å². The molecule has 0 aliphatic carbocycles. The maximum atomic E-state index is 13.0. The summed E-state index contributed by atoms with van der Waals surface area (Å²) in [6.07, 6.45) is 2.14. The average Bonchev–Trinajstić information content (AvgIpc) is 2.21. The normalized spacial score (nSPS) is 13.5. The van der Waals surface area contributed by atoms with Gasteiger partial charge in [0.05, 0.1) is 0 Å². The number of carbonyl (C=O) groups is 1. The fourth-order valence-electron chi connectivity index (χ4n) is 1.25. The number of anilines is 1. The second-order valence-corrected chi connectivity index (χ2v) is 2.67. The summed E-state index contributed by atoms with van der Waals surface area (Å²) >= 11 is 0. The van der Waals surface area contributed by atoms with Gasteiger partial charge in [-0.3, -0.25) is 4.79 Å². The van der Waals surface area contributed by atoms with Gasteiger partial charge in [0.25, 0.3) is 0 Å². The average molecular weight is 196 g/mol. The van der Waals surface area contributed by atoms with E-state index in [-0.39, 0.29) is 11.7 Å². The van der Waals surface area contributed by atoms with E-state index in [2.05, 4.69) is 10.3 Å². The summed E-state index contributed by atoms with van der Waals surface area (Å²) in [7, 11) is 0. The van der Waals surface area contributed by atoms with Crippen LogP contribution in [0.4, 0.5) is 10.2 Å². The zero-order valence-electron chi connectivity index (χ0n) is 8.30. The quantitative estimate of drug-likeness (QED) is 0.690. The highest BCUT2D eigenvalue weighted by atomic mass is 19.1. The van der Waals surface area contributed by atoms with Gasteiger partial charge in [-0.2, -0.15) is 0 Å². The van der Waals surface area contributed by atoms with Crippen LogP contribution in [0.2, 0.25) is 0 Å². The smallest absolute Gasteiger partial charge is 0.225 e. The summed E-state index contributed by atoms with van der Waals surface area (Å²) in [5.41, 5.74) is 0.511. The Morgan fingerprint density at radius 2 is 2.14 bits per heavy atom. The van der Waals surface area contributed by atoms with Gasteiger partial charge in [0, 0.05) is 18.2 Å². The third-order valence-corrected chi connectivity index (χ3v) is 1.86. The van der Waals surface area contributed by atoms with Crippen LogP contribution in [-0.2, 0) is 11.2 Å². The first-order valence-electron chi connectivity index (χ1n) is 4.70. The van der Waals surface area contributed by atoms with Crippen molar-refractivity contribution < 1.29 is 9.18 Å². The van der Waals surface area contributed by atoms with Crippen LogP contribution in [0.5, 0.6) is 0 Å². The van der Waals surface area contributed by atoms with Crippen LogP contribution in [0.25, 0.3) is 0 Å². The molecule has 1 aliphatic heterocycles. The van der Waals surface area contributed by atoms with E-state index in [9.17, 15) is 9.18 Å². The Labute approximate surface area is 82.4 Å². The second kappa shape index (κ2) is 4.69.